The molecule has 0 unspecified atom stereocenters. The topological polar surface area (TPSA) is 86.8 Å². The van der Waals surface area contributed by atoms with Crippen molar-refractivity contribution in [1.29, 1.82) is 0 Å². The number of amides is 2. The number of halogens is 4. The van der Waals surface area contributed by atoms with E-state index in [0.717, 1.165) is 9.87 Å². The number of hydrogen-bond acceptors (Lipinski definition) is 4. The van der Waals surface area contributed by atoms with Crippen molar-refractivity contribution >= 4 is 73.9 Å². The molecule has 7 nitrogen and oxygen atoms in total. The van der Waals surface area contributed by atoms with Crippen LogP contribution in [0.2, 0.25) is 20.1 Å². The summed E-state index contributed by atoms with van der Waals surface area (Å²) in [5, 5.41) is 3.49. The van der Waals surface area contributed by atoms with Crippen molar-refractivity contribution in [1.82, 2.24) is 10.2 Å². The monoisotopic (exact) mass is 643 g/mol. The molecule has 0 spiro atoms. The smallest absolute Gasteiger partial charge is 0.264 e. The number of carbonyl (C=O) groups is 2. The minimum Gasteiger partial charge on any atom is -0.352 e. The molecule has 0 saturated carbocycles. The van der Waals surface area contributed by atoms with Crippen molar-refractivity contribution < 1.29 is 18.0 Å². The zero-order valence-electron chi connectivity index (χ0n) is 22.3. The fraction of sp³-hybridized carbons (Fsp3) is 0.286. The van der Waals surface area contributed by atoms with Crippen molar-refractivity contribution in [2.45, 2.75) is 51.2 Å². The number of sulfonamides is 1. The Morgan fingerprint density at radius 1 is 0.875 bits per heavy atom. The number of hydrogen-bond donors (Lipinski definition) is 1. The van der Waals surface area contributed by atoms with Gasteiger partial charge in [0.1, 0.15) is 12.6 Å². The van der Waals surface area contributed by atoms with Crippen LogP contribution in [0, 0.1) is 6.92 Å². The van der Waals surface area contributed by atoms with Crippen molar-refractivity contribution in [2.75, 3.05) is 10.8 Å². The summed E-state index contributed by atoms with van der Waals surface area (Å²) in [6.45, 7) is 6.30. The van der Waals surface area contributed by atoms with Crippen LogP contribution in [-0.2, 0) is 26.2 Å². The van der Waals surface area contributed by atoms with Crippen LogP contribution >= 0.6 is 46.4 Å². The Hall–Kier alpha value is -2.49. The summed E-state index contributed by atoms with van der Waals surface area (Å²) in [4.78, 5) is 28.2. The number of carbonyl (C=O) groups excluding carboxylic acids is 2. The quantitative estimate of drug-likeness (QED) is 0.265. The number of aryl methyl sites for hydroxylation is 1. The second kappa shape index (κ2) is 13.4. The molecule has 0 fully saturated rings. The van der Waals surface area contributed by atoms with Gasteiger partial charge >= 0.3 is 0 Å². The molecule has 40 heavy (non-hydrogen) atoms. The van der Waals surface area contributed by atoms with Crippen molar-refractivity contribution in [2.24, 2.45) is 0 Å². The third-order valence-corrected chi connectivity index (χ3v) is 9.34. The third-order valence-electron chi connectivity index (χ3n) is 6.02. The second-order valence-electron chi connectivity index (χ2n) is 9.51. The lowest BCUT2D eigenvalue weighted by Gasteiger charge is -2.32. The molecule has 1 N–H and O–H groups in total. The zero-order valence-corrected chi connectivity index (χ0v) is 26.1. The first-order chi connectivity index (χ1) is 18.7. The molecule has 1 atom stereocenters. The van der Waals surface area contributed by atoms with Gasteiger partial charge in [-0.3, -0.25) is 13.9 Å². The summed E-state index contributed by atoms with van der Waals surface area (Å²) in [5.74, 6) is -1.05. The van der Waals surface area contributed by atoms with Gasteiger partial charge in [-0.2, -0.15) is 0 Å². The zero-order chi connectivity index (χ0) is 29.8. The lowest BCUT2D eigenvalue weighted by molar-refractivity contribution is -0.139. The van der Waals surface area contributed by atoms with Gasteiger partial charge in [0, 0.05) is 12.6 Å². The van der Waals surface area contributed by atoms with E-state index < -0.39 is 34.4 Å². The van der Waals surface area contributed by atoms with Crippen molar-refractivity contribution in [3.05, 3.63) is 91.9 Å². The minimum atomic E-state index is -4.29. The first-order valence-corrected chi connectivity index (χ1v) is 15.2. The van der Waals surface area contributed by atoms with Crippen LogP contribution in [0.5, 0.6) is 0 Å². The van der Waals surface area contributed by atoms with Crippen LogP contribution in [-0.4, -0.2) is 43.8 Å². The number of nitrogens with zero attached hydrogens (tertiary/aromatic N) is 2. The standard InChI is InChI=1S/C28H29Cl4N3O4S/c1-17(2)33-28(37)19(4)34(15-20-10-13-22(29)24(31)14-20)26(36)16-35(25-7-5-6-23(30)27(25)32)40(38,39)21-11-8-18(3)9-12-21/h5-14,17,19H,15-16H2,1-4H3,(H,33,37)/t19-/m0/s1. The highest BCUT2D eigenvalue weighted by Gasteiger charge is 2.34. The van der Waals surface area contributed by atoms with Crippen LogP contribution in [0.1, 0.15) is 31.9 Å². The summed E-state index contributed by atoms with van der Waals surface area (Å²) in [6.07, 6.45) is 0. The van der Waals surface area contributed by atoms with E-state index >= 15 is 0 Å². The predicted octanol–water partition coefficient (Wildman–Crippen LogP) is 6.75. The third kappa shape index (κ3) is 7.62. The van der Waals surface area contributed by atoms with Gasteiger partial charge in [0.25, 0.3) is 10.0 Å². The van der Waals surface area contributed by atoms with E-state index in [1.165, 1.54) is 35.2 Å². The maximum absolute atomic E-state index is 13.9. The summed E-state index contributed by atoms with van der Waals surface area (Å²) >= 11 is 24.9. The fourth-order valence-corrected chi connectivity index (χ4v) is 6.05. The lowest BCUT2D eigenvalue weighted by atomic mass is 10.1. The van der Waals surface area contributed by atoms with Gasteiger partial charge in [-0.05, 0) is 69.7 Å². The highest BCUT2D eigenvalue weighted by Crippen LogP contribution is 2.35. The van der Waals surface area contributed by atoms with Crippen LogP contribution in [0.3, 0.4) is 0 Å². The molecular weight excluding hydrogens is 616 g/mol. The van der Waals surface area contributed by atoms with Gasteiger partial charge < -0.3 is 10.2 Å². The molecule has 3 rings (SSSR count). The van der Waals surface area contributed by atoms with Crippen molar-refractivity contribution in [3.8, 4) is 0 Å². The second-order valence-corrected chi connectivity index (χ2v) is 13.0. The first-order valence-electron chi connectivity index (χ1n) is 12.3. The Morgan fingerprint density at radius 2 is 1.52 bits per heavy atom. The van der Waals surface area contributed by atoms with Gasteiger partial charge in [-0.25, -0.2) is 8.42 Å². The summed E-state index contributed by atoms with van der Waals surface area (Å²) < 4.78 is 28.7. The Labute approximate surface area is 255 Å². The Bertz CT molecular complexity index is 1500. The minimum absolute atomic E-state index is 0.0249. The highest BCUT2D eigenvalue weighted by atomic mass is 35.5. The van der Waals surface area contributed by atoms with Gasteiger partial charge in [-0.1, -0.05) is 76.2 Å². The molecule has 0 aliphatic carbocycles. The van der Waals surface area contributed by atoms with Crippen LogP contribution in [0.25, 0.3) is 0 Å². The van der Waals surface area contributed by atoms with Crippen LogP contribution in [0.15, 0.2) is 65.6 Å². The number of benzene rings is 3. The molecule has 0 aromatic heterocycles. The average Bonchev–Trinajstić information content (AvgIpc) is 2.89. The number of anilines is 1. The molecule has 0 bridgehead atoms. The molecular formula is C28H29Cl4N3O4S. The van der Waals surface area contributed by atoms with Crippen molar-refractivity contribution in [3.63, 3.8) is 0 Å². The van der Waals surface area contributed by atoms with E-state index in [0.29, 0.717) is 10.6 Å². The van der Waals surface area contributed by atoms with E-state index in [-0.39, 0.29) is 38.2 Å². The maximum Gasteiger partial charge on any atom is 0.264 e. The molecule has 214 valence electrons. The predicted molar refractivity (Wildman–Crippen MR) is 162 cm³/mol. The number of nitrogens with one attached hydrogen (secondary N) is 1. The molecule has 0 heterocycles. The van der Waals surface area contributed by atoms with Crippen LogP contribution < -0.4 is 9.62 Å². The van der Waals surface area contributed by atoms with Gasteiger partial charge in [-0.15, -0.1) is 0 Å². The molecule has 3 aromatic carbocycles. The van der Waals surface area contributed by atoms with E-state index in [2.05, 4.69) is 5.32 Å². The fourth-order valence-electron chi connectivity index (χ4n) is 3.86. The average molecular weight is 645 g/mol. The summed E-state index contributed by atoms with van der Waals surface area (Å²) in [7, 11) is -4.29. The Balaban J connectivity index is 2.09. The Morgan fingerprint density at radius 3 is 2.12 bits per heavy atom. The van der Waals surface area contributed by atoms with E-state index in [1.807, 2.05) is 6.92 Å². The van der Waals surface area contributed by atoms with Gasteiger partial charge in [0.15, 0.2) is 0 Å². The molecule has 3 aromatic rings. The first kappa shape index (κ1) is 32.0. The normalized spacial score (nSPS) is 12.2. The number of rotatable bonds is 10. The summed E-state index contributed by atoms with van der Waals surface area (Å²) in [6, 6.07) is 14.4. The molecule has 12 heteroatoms. The van der Waals surface area contributed by atoms with Gasteiger partial charge in [0.05, 0.1) is 30.7 Å². The highest BCUT2D eigenvalue weighted by molar-refractivity contribution is 7.92. The molecule has 0 radical (unpaired) electrons. The van der Waals surface area contributed by atoms with Gasteiger partial charge in [0.2, 0.25) is 11.8 Å². The SMILES string of the molecule is Cc1ccc(S(=O)(=O)N(CC(=O)N(Cc2ccc(Cl)c(Cl)c2)[C@@H](C)C(=O)NC(C)C)c2cccc(Cl)c2Cl)cc1. The molecule has 2 amide bonds. The Kier molecular flexibility index (Phi) is 10.8. The van der Waals surface area contributed by atoms with E-state index in [1.54, 1.807) is 51.1 Å². The maximum atomic E-state index is 13.9. The molecule has 0 aliphatic heterocycles. The molecule has 0 aliphatic rings. The van der Waals surface area contributed by atoms with Crippen LogP contribution in [0.4, 0.5) is 5.69 Å². The van der Waals surface area contributed by atoms with E-state index in [4.69, 9.17) is 46.4 Å². The largest absolute Gasteiger partial charge is 0.352 e. The van der Waals surface area contributed by atoms with E-state index in [9.17, 15) is 18.0 Å². The summed E-state index contributed by atoms with van der Waals surface area (Å²) in [5.41, 5.74) is 1.48. The lowest BCUT2D eigenvalue weighted by Crippen LogP contribution is -2.52. The molecule has 0 saturated heterocycles.